The standard InChI is InChI=1S/C27H25FN6O2.3H2/c1-3-34(2)20-7-4-17(5-8-20)25(35)30-23-14-18(6-9-21(23)28)22-15-24(26(36)33-32-22)31-27-11-13-29-12-10-19(27)16-27;;;/h4-9,11-16H,3,10H2,1-2H3,(H,30,35)(H,31,32)(H,33,36);3*1H. The Bertz CT molecular complexity index is 1490. The van der Waals surface area contributed by atoms with Gasteiger partial charge in [0.1, 0.15) is 11.5 Å². The lowest BCUT2D eigenvalue weighted by molar-refractivity contribution is 0.102. The molecule has 1 amide bonds. The molecule has 8 nitrogen and oxygen atoms in total. The molecule has 0 fully saturated rings. The Morgan fingerprint density at radius 1 is 1.19 bits per heavy atom. The van der Waals surface area contributed by atoms with E-state index < -0.39 is 17.3 Å². The van der Waals surface area contributed by atoms with Gasteiger partial charge in [0.05, 0.1) is 16.9 Å². The van der Waals surface area contributed by atoms with Crippen LogP contribution in [0.2, 0.25) is 0 Å². The topological polar surface area (TPSA) is 102 Å². The molecule has 0 bridgehead atoms. The zero-order chi connectivity index (χ0) is 25.3. The number of fused-ring (bicyclic) bond motifs is 1. The molecule has 1 unspecified atom stereocenters. The minimum Gasteiger partial charge on any atom is -0.375 e. The fourth-order valence-electron chi connectivity index (χ4n) is 4.05. The summed E-state index contributed by atoms with van der Waals surface area (Å²) in [6.07, 6.45) is 8.14. The van der Waals surface area contributed by atoms with Gasteiger partial charge >= 0.3 is 0 Å². The molecule has 0 saturated heterocycles. The van der Waals surface area contributed by atoms with Gasteiger partial charge in [-0.2, -0.15) is 5.10 Å². The van der Waals surface area contributed by atoms with Crippen LogP contribution in [0.25, 0.3) is 11.3 Å². The van der Waals surface area contributed by atoms with Gasteiger partial charge in [-0.1, -0.05) is 0 Å². The number of benzene rings is 2. The van der Waals surface area contributed by atoms with Crippen molar-refractivity contribution in [3.8, 4) is 11.3 Å². The van der Waals surface area contributed by atoms with E-state index in [-0.39, 0.29) is 15.5 Å². The van der Waals surface area contributed by atoms with Gasteiger partial charge in [0, 0.05) is 53.5 Å². The molecule has 2 aromatic carbocycles. The first kappa shape index (κ1) is 23.2. The summed E-state index contributed by atoms with van der Waals surface area (Å²) in [7, 11) is 1.96. The lowest BCUT2D eigenvalue weighted by Gasteiger charge is -2.17. The van der Waals surface area contributed by atoms with Gasteiger partial charge in [-0.15, -0.1) is 0 Å². The highest BCUT2D eigenvalue weighted by molar-refractivity contribution is 6.04. The van der Waals surface area contributed by atoms with Crippen molar-refractivity contribution < 1.29 is 13.5 Å². The second kappa shape index (κ2) is 9.26. The van der Waals surface area contributed by atoms with Crippen LogP contribution >= 0.6 is 0 Å². The number of nitrogens with one attached hydrogen (secondary N) is 3. The first-order valence-corrected chi connectivity index (χ1v) is 11.6. The summed E-state index contributed by atoms with van der Waals surface area (Å²) in [6.45, 7) is 2.87. The minimum absolute atomic E-state index is 0. The van der Waals surface area contributed by atoms with Crippen molar-refractivity contribution in [2.75, 3.05) is 29.1 Å². The summed E-state index contributed by atoms with van der Waals surface area (Å²) in [6, 6.07) is 13.0. The van der Waals surface area contributed by atoms with Crippen LogP contribution in [-0.4, -0.2) is 41.5 Å². The van der Waals surface area contributed by atoms with Crippen LogP contribution in [0.1, 0.15) is 28.0 Å². The Labute approximate surface area is 211 Å². The average Bonchev–Trinajstić information content (AvgIpc) is 3.60. The van der Waals surface area contributed by atoms with E-state index in [1.807, 2.05) is 49.4 Å². The number of anilines is 3. The van der Waals surface area contributed by atoms with E-state index in [0.717, 1.165) is 17.8 Å². The number of nitrogens with zero attached hydrogens (tertiary/aromatic N) is 3. The molecule has 0 spiro atoms. The number of hydrogen-bond acceptors (Lipinski definition) is 6. The van der Waals surface area contributed by atoms with Gasteiger partial charge in [0.2, 0.25) is 0 Å². The van der Waals surface area contributed by atoms with Crippen LogP contribution in [0.15, 0.2) is 82.2 Å². The highest BCUT2D eigenvalue weighted by atomic mass is 19.1. The Kier molecular flexibility index (Phi) is 5.97. The summed E-state index contributed by atoms with van der Waals surface area (Å²) in [5.41, 5.74) is 2.93. The zero-order valence-electron chi connectivity index (χ0n) is 19.9. The molecular formula is C27H31FN6O2. The number of aromatic amines is 1. The molecule has 3 N–H and O–H groups in total. The van der Waals surface area contributed by atoms with Gasteiger partial charge in [0.15, 0.2) is 0 Å². The summed E-state index contributed by atoms with van der Waals surface area (Å²) in [4.78, 5) is 31.4. The molecule has 1 aliphatic heterocycles. The first-order valence-electron chi connectivity index (χ1n) is 11.6. The minimum atomic E-state index is -0.577. The molecule has 1 atom stereocenters. The van der Waals surface area contributed by atoms with Crippen LogP contribution in [0.4, 0.5) is 21.5 Å². The number of carbonyl (C=O) groups excluding carboxylic acids is 1. The Hall–Kier alpha value is -4.53. The molecule has 0 saturated carbocycles. The van der Waals surface area contributed by atoms with Gasteiger partial charge in [0.25, 0.3) is 11.5 Å². The fraction of sp³-hybridized carbons (Fsp3) is 0.185. The molecule has 3 aromatic rings. The van der Waals surface area contributed by atoms with Crippen LogP contribution in [0, 0.1) is 5.82 Å². The van der Waals surface area contributed by atoms with Gasteiger partial charge in [-0.05, 0) is 73.2 Å². The SMILES string of the molecule is CCN(C)c1ccc(C(=O)Nc2cc(-c3cc(NC45C=CN=CCC4=C5)c(=O)[nH]n3)ccc2F)cc1.[HH].[HH].[HH]. The molecule has 188 valence electrons. The molecule has 1 aromatic heterocycles. The predicted molar refractivity (Wildman–Crippen MR) is 147 cm³/mol. The predicted octanol–water partition coefficient (Wildman–Crippen LogP) is 5.10. The average molecular weight is 491 g/mol. The maximum absolute atomic E-state index is 14.6. The molecule has 2 aliphatic rings. The third-order valence-corrected chi connectivity index (χ3v) is 6.39. The van der Waals surface area contributed by atoms with Gasteiger partial charge in [-0.3, -0.25) is 14.6 Å². The van der Waals surface area contributed by atoms with E-state index >= 15 is 0 Å². The number of hydrogen-bond donors (Lipinski definition) is 3. The number of halogens is 1. The largest absolute Gasteiger partial charge is 0.375 e. The monoisotopic (exact) mass is 490 g/mol. The maximum atomic E-state index is 14.6. The highest BCUT2D eigenvalue weighted by Gasteiger charge is 2.42. The number of aliphatic imine (C=N–C) groups is 1. The first-order chi connectivity index (χ1) is 17.4. The highest BCUT2D eigenvalue weighted by Crippen LogP contribution is 2.41. The third kappa shape index (κ3) is 4.55. The molecule has 5 rings (SSSR count). The second-order valence-electron chi connectivity index (χ2n) is 8.72. The summed E-state index contributed by atoms with van der Waals surface area (Å²) in [5.74, 6) is -1.01. The van der Waals surface area contributed by atoms with Crippen LogP contribution in [0.3, 0.4) is 0 Å². The smallest absolute Gasteiger partial charge is 0.287 e. The van der Waals surface area contributed by atoms with Crippen LogP contribution in [-0.2, 0) is 0 Å². The molecule has 1 aliphatic carbocycles. The van der Waals surface area contributed by atoms with Gasteiger partial charge in [-0.25, -0.2) is 9.49 Å². The van der Waals surface area contributed by atoms with Crippen molar-refractivity contribution in [2.45, 2.75) is 18.9 Å². The Morgan fingerprint density at radius 3 is 2.78 bits per heavy atom. The number of rotatable bonds is 7. The summed E-state index contributed by atoms with van der Waals surface area (Å²) in [5, 5.41) is 12.5. The van der Waals surface area contributed by atoms with Crippen molar-refractivity contribution in [3.05, 3.63) is 94.2 Å². The summed E-state index contributed by atoms with van der Waals surface area (Å²) < 4.78 is 14.6. The van der Waals surface area contributed by atoms with E-state index in [1.165, 1.54) is 12.1 Å². The number of carbonyl (C=O) groups is 1. The Morgan fingerprint density at radius 2 is 2.00 bits per heavy atom. The quantitative estimate of drug-likeness (QED) is 0.400. The molecule has 9 heteroatoms. The summed E-state index contributed by atoms with van der Waals surface area (Å²) >= 11 is 0. The van der Waals surface area contributed by atoms with Crippen molar-refractivity contribution in [1.82, 2.24) is 10.2 Å². The van der Waals surface area contributed by atoms with Crippen molar-refractivity contribution in [3.63, 3.8) is 0 Å². The van der Waals surface area contributed by atoms with E-state index in [9.17, 15) is 14.0 Å². The second-order valence-corrected chi connectivity index (χ2v) is 8.72. The van der Waals surface area contributed by atoms with E-state index in [0.29, 0.717) is 28.9 Å². The Balaban J connectivity index is 0.00000178. The number of aromatic nitrogens is 2. The third-order valence-electron chi connectivity index (χ3n) is 6.39. The van der Waals surface area contributed by atoms with Crippen molar-refractivity contribution in [2.24, 2.45) is 4.99 Å². The van der Waals surface area contributed by atoms with E-state index in [2.05, 4.69) is 25.8 Å². The fourth-order valence-corrected chi connectivity index (χ4v) is 4.05. The number of H-pyrrole nitrogens is 1. The van der Waals surface area contributed by atoms with E-state index in [1.54, 1.807) is 30.5 Å². The molecule has 36 heavy (non-hydrogen) atoms. The lowest BCUT2D eigenvalue weighted by atomic mass is 10.1. The van der Waals surface area contributed by atoms with E-state index in [4.69, 9.17) is 0 Å². The normalized spacial score (nSPS) is 17.6. The maximum Gasteiger partial charge on any atom is 0.287 e. The zero-order valence-corrected chi connectivity index (χ0v) is 19.9. The van der Waals surface area contributed by atoms with Crippen LogP contribution < -0.4 is 21.1 Å². The van der Waals surface area contributed by atoms with Crippen LogP contribution in [0.5, 0.6) is 0 Å². The molecule has 0 radical (unpaired) electrons. The molecular weight excluding hydrogens is 459 g/mol. The molecule has 2 heterocycles. The number of amides is 1. The van der Waals surface area contributed by atoms with Crippen molar-refractivity contribution >= 4 is 29.2 Å². The lowest BCUT2D eigenvalue weighted by Crippen LogP contribution is -2.27. The van der Waals surface area contributed by atoms with Gasteiger partial charge < -0.3 is 15.5 Å². The van der Waals surface area contributed by atoms with Crippen molar-refractivity contribution in [1.29, 1.82) is 0 Å².